The van der Waals surface area contributed by atoms with Crippen LogP contribution in [0.15, 0.2) is 0 Å². The van der Waals surface area contributed by atoms with Gasteiger partial charge >= 0.3 is 58.1 Å². The van der Waals surface area contributed by atoms with Crippen LogP contribution < -0.4 is 51.4 Å². The van der Waals surface area contributed by atoms with Crippen LogP contribution in [0.4, 0.5) is 0 Å². The molecule has 1 aliphatic rings. The van der Waals surface area contributed by atoms with Crippen molar-refractivity contribution >= 4 is 18.5 Å². The molecule has 0 unspecified atom stereocenters. The third-order valence-corrected chi connectivity index (χ3v) is 6.09. The van der Waals surface area contributed by atoms with E-state index in [1.807, 2.05) is 0 Å². The zero-order valence-corrected chi connectivity index (χ0v) is 23.7. The van der Waals surface area contributed by atoms with Crippen molar-refractivity contribution < 1.29 is 75.2 Å². The topological polar surface area (TPSA) is 68.2 Å². The van der Waals surface area contributed by atoms with Gasteiger partial charge in [0, 0.05) is 0 Å². The first-order valence-electron chi connectivity index (χ1n) is 11.5. The van der Waals surface area contributed by atoms with Crippen molar-refractivity contribution in [3.05, 3.63) is 0 Å². The van der Waals surface area contributed by atoms with E-state index in [0.717, 1.165) is 12.8 Å². The molecule has 29 heavy (non-hydrogen) atoms. The summed E-state index contributed by atoms with van der Waals surface area (Å²) in [5, 5.41) is 0. The van der Waals surface area contributed by atoms with Crippen LogP contribution in [-0.4, -0.2) is 35.4 Å². The van der Waals surface area contributed by atoms with Crippen molar-refractivity contribution in [2.45, 2.75) is 122 Å². The van der Waals surface area contributed by atoms with Gasteiger partial charge in [-0.05, 0) is 24.6 Å². The number of hydrogen-bond acceptors (Lipinski definition) is 4. The minimum absolute atomic E-state index is 0. The van der Waals surface area contributed by atoms with Gasteiger partial charge in [0.05, 0.1) is 13.2 Å². The van der Waals surface area contributed by atoms with E-state index in [4.69, 9.17) is 23.8 Å². The van der Waals surface area contributed by atoms with Gasteiger partial charge in [0.25, 0.3) is 0 Å². The van der Waals surface area contributed by atoms with Crippen molar-refractivity contribution in [3.63, 3.8) is 0 Å². The summed E-state index contributed by atoms with van der Waals surface area (Å²) in [6.07, 6.45) is 20.8. The SMILES string of the molecule is CCCCCCCCCCCCCCCCC[C@H]1OC[C@H](COP(O)(O)=S)O1.[K+]. The number of hydrogen-bond donors (Lipinski definition) is 2. The van der Waals surface area contributed by atoms with Gasteiger partial charge in [-0.25, -0.2) is 0 Å². The summed E-state index contributed by atoms with van der Waals surface area (Å²) in [5.41, 5.74) is 0. The Morgan fingerprint density at radius 2 is 1.28 bits per heavy atom. The van der Waals surface area contributed by atoms with Gasteiger partial charge in [0.1, 0.15) is 6.10 Å². The number of rotatable bonds is 19. The molecule has 2 N–H and O–H groups in total. The second-order valence-electron chi connectivity index (χ2n) is 8.05. The molecule has 1 rings (SSSR count). The Balaban J connectivity index is 0.00000784. The van der Waals surface area contributed by atoms with E-state index in [9.17, 15) is 0 Å². The van der Waals surface area contributed by atoms with Gasteiger partial charge < -0.3 is 23.8 Å². The standard InChI is InChI=1S/C21H43O5PS.K/c1-2-3-4-5-6-7-8-9-10-11-12-13-14-15-16-17-21-24-18-20(26-21)19-25-27(22,23)28;/h20-21H,2-19H2,1H3,(H2,22,23,28);/q;+1/t20-,21+;/m1./s1. The van der Waals surface area contributed by atoms with E-state index >= 15 is 0 Å². The molecule has 2 atom stereocenters. The summed E-state index contributed by atoms with van der Waals surface area (Å²) in [6.45, 7) is -0.807. The zero-order chi connectivity index (χ0) is 20.5. The van der Waals surface area contributed by atoms with Gasteiger partial charge in [-0.15, -0.1) is 0 Å². The number of ether oxygens (including phenoxy) is 2. The molecule has 0 saturated carbocycles. The van der Waals surface area contributed by atoms with Crippen LogP contribution in [0.1, 0.15) is 110 Å². The van der Waals surface area contributed by atoms with Crippen molar-refractivity contribution in [2.75, 3.05) is 13.2 Å². The second kappa shape index (κ2) is 20.7. The maximum absolute atomic E-state index is 9.06. The average molecular weight is 478 g/mol. The molecule has 5 nitrogen and oxygen atoms in total. The minimum atomic E-state index is -3.59. The van der Waals surface area contributed by atoms with E-state index in [2.05, 4.69) is 18.7 Å². The fourth-order valence-electron chi connectivity index (χ4n) is 3.61. The Kier molecular flexibility index (Phi) is 22.2. The van der Waals surface area contributed by atoms with Crippen molar-refractivity contribution in [1.29, 1.82) is 0 Å². The fourth-order valence-corrected chi connectivity index (χ4v) is 4.15. The second-order valence-corrected chi connectivity index (χ2v) is 10.7. The van der Waals surface area contributed by atoms with Gasteiger partial charge in [-0.3, -0.25) is 0 Å². The summed E-state index contributed by atoms with van der Waals surface area (Å²) in [7, 11) is 0. The van der Waals surface area contributed by atoms with E-state index in [1.165, 1.54) is 89.9 Å². The first-order valence-corrected chi connectivity index (χ1v) is 14.1. The normalized spacial score (nSPS) is 19.4. The molecule has 0 amide bonds. The summed E-state index contributed by atoms with van der Waals surface area (Å²) in [5.74, 6) is 0. The fraction of sp³-hybridized carbons (Fsp3) is 1.00. The van der Waals surface area contributed by atoms with Gasteiger partial charge in [0.15, 0.2) is 6.29 Å². The molecular weight excluding hydrogens is 434 g/mol. The Labute approximate surface area is 226 Å². The molecule has 1 aliphatic heterocycles. The number of unbranched alkanes of at least 4 members (excludes halogenated alkanes) is 14. The first-order chi connectivity index (χ1) is 13.5. The van der Waals surface area contributed by atoms with Crippen molar-refractivity contribution in [3.8, 4) is 0 Å². The van der Waals surface area contributed by atoms with Crippen LogP contribution in [0.25, 0.3) is 0 Å². The Bertz CT molecular complexity index is 411. The summed E-state index contributed by atoms with van der Waals surface area (Å²) in [4.78, 5) is 18.1. The first kappa shape index (κ1) is 31.1. The van der Waals surface area contributed by atoms with E-state index in [-0.39, 0.29) is 70.4 Å². The molecule has 0 radical (unpaired) electrons. The molecule has 0 aliphatic carbocycles. The molecule has 1 saturated heterocycles. The van der Waals surface area contributed by atoms with E-state index in [1.54, 1.807) is 0 Å². The summed E-state index contributed by atoms with van der Waals surface area (Å²) in [6, 6.07) is 0. The van der Waals surface area contributed by atoms with Crippen molar-refractivity contribution in [1.82, 2.24) is 0 Å². The molecule has 0 aromatic heterocycles. The third-order valence-electron chi connectivity index (χ3n) is 5.28. The maximum Gasteiger partial charge on any atom is 1.00 e. The Hall–Kier alpha value is 2.09. The zero-order valence-electron chi connectivity index (χ0n) is 18.9. The minimum Gasteiger partial charge on any atom is -0.350 e. The van der Waals surface area contributed by atoms with Crippen LogP contribution in [0.2, 0.25) is 0 Å². The predicted octanol–water partition coefficient (Wildman–Crippen LogP) is 3.22. The summed E-state index contributed by atoms with van der Waals surface area (Å²) >= 11 is 4.43. The molecular formula is C21H43KO5PS+. The molecule has 1 fully saturated rings. The monoisotopic (exact) mass is 477 g/mol. The Morgan fingerprint density at radius 3 is 1.72 bits per heavy atom. The van der Waals surface area contributed by atoms with Crippen molar-refractivity contribution in [2.24, 2.45) is 0 Å². The largest absolute Gasteiger partial charge is 1.00 e. The van der Waals surface area contributed by atoms with Crippen LogP contribution in [0, 0.1) is 0 Å². The molecule has 0 bridgehead atoms. The van der Waals surface area contributed by atoms with Gasteiger partial charge in [-0.2, -0.15) is 0 Å². The van der Waals surface area contributed by atoms with E-state index in [0.29, 0.717) is 6.61 Å². The van der Waals surface area contributed by atoms with E-state index < -0.39 is 6.72 Å². The molecule has 0 aromatic carbocycles. The van der Waals surface area contributed by atoms with Crippen LogP contribution in [0.5, 0.6) is 0 Å². The third kappa shape index (κ3) is 20.4. The molecule has 1 heterocycles. The molecule has 0 spiro atoms. The Morgan fingerprint density at radius 1 is 0.828 bits per heavy atom. The van der Waals surface area contributed by atoms with Gasteiger partial charge in [-0.1, -0.05) is 96.8 Å². The van der Waals surface area contributed by atoms with Crippen LogP contribution in [0.3, 0.4) is 0 Å². The van der Waals surface area contributed by atoms with Crippen LogP contribution >= 0.6 is 6.72 Å². The van der Waals surface area contributed by atoms with Gasteiger partial charge in [0.2, 0.25) is 0 Å². The summed E-state index contributed by atoms with van der Waals surface area (Å²) < 4.78 is 16.1. The molecule has 8 heteroatoms. The van der Waals surface area contributed by atoms with Crippen LogP contribution in [-0.2, 0) is 25.8 Å². The quantitative estimate of drug-likeness (QED) is 0.169. The molecule has 0 aromatic rings. The predicted molar refractivity (Wildman–Crippen MR) is 119 cm³/mol. The maximum atomic E-state index is 9.06. The smallest absolute Gasteiger partial charge is 0.350 e. The average Bonchev–Trinajstić information content (AvgIpc) is 3.10. The molecule has 168 valence electrons.